The minimum Gasteiger partial charge on any atom is -0.496 e. The molecule has 7 nitrogen and oxygen atoms in total. The van der Waals surface area contributed by atoms with Crippen molar-refractivity contribution in [3.05, 3.63) is 88.3 Å². The highest BCUT2D eigenvalue weighted by Crippen LogP contribution is 2.21. The summed E-state index contributed by atoms with van der Waals surface area (Å²) in [6.07, 6.45) is 0. The normalized spacial score (nSPS) is 10.1. The number of hydrogen-bond acceptors (Lipinski definition) is 4. The Morgan fingerprint density at radius 3 is 2.22 bits per heavy atom. The Morgan fingerprint density at radius 1 is 0.852 bits per heavy atom. The number of para-hydroxylation sites is 1. The van der Waals surface area contributed by atoms with Crippen molar-refractivity contribution in [2.24, 2.45) is 0 Å². The minimum atomic E-state index is -0.457. The number of rotatable bonds is 5. The van der Waals surface area contributed by atoms with Crippen molar-refractivity contribution < 1.29 is 14.3 Å². The highest BCUT2D eigenvalue weighted by molar-refractivity contribution is 6.07. The van der Waals surface area contributed by atoms with Crippen LogP contribution < -0.4 is 20.9 Å². The van der Waals surface area contributed by atoms with Crippen LogP contribution in [0.25, 0.3) is 0 Å². The van der Waals surface area contributed by atoms with Crippen molar-refractivity contribution in [2.75, 3.05) is 17.7 Å². The molecule has 0 spiro atoms. The maximum atomic E-state index is 12.5. The summed E-state index contributed by atoms with van der Waals surface area (Å²) in [6, 6.07) is 17.9. The van der Waals surface area contributed by atoms with E-state index in [1.807, 2.05) is 0 Å². The van der Waals surface area contributed by atoms with Crippen molar-refractivity contribution in [3.63, 3.8) is 0 Å². The monoisotopic (exact) mass is 363 g/mol. The number of anilines is 2. The van der Waals surface area contributed by atoms with Crippen LogP contribution in [0.5, 0.6) is 5.75 Å². The molecule has 2 amide bonds. The molecule has 7 heteroatoms. The molecule has 3 N–H and O–H groups in total. The molecule has 27 heavy (non-hydrogen) atoms. The number of aromatic nitrogens is 1. The number of aromatic amines is 1. The Kier molecular flexibility index (Phi) is 5.32. The molecule has 1 heterocycles. The molecule has 0 aliphatic rings. The summed E-state index contributed by atoms with van der Waals surface area (Å²) in [5.74, 6) is -0.322. The zero-order chi connectivity index (χ0) is 19.2. The average molecular weight is 363 g/mol. The van der Waals surface area contributed by atoms with Gasteiger partial charge in [-0.1, -0.05) is 24.3 Å². The van der Waals surface area contributed by atoms with Crippen molar-refractivity contribution >= 4 is 23.2 Å². The van der Waals surface area contributed by atoms with Crippen LogP contribution in [0.3, 0.4) is 0 Å². The van der Waals surface area contributed by atoms with E-state index in [0.717, 1.165) is 0 Å². The lowest BCUT2D eigenvalue weighted by molar-refractivity contribution is 0.101. The first-order valence-corrected chi connectivity index (χ1v) is 8.12. The molecule has 0 bridgehead atoms. The number of benzene rings is 2. The second-order valence-corrected chi connectivity index (χ2v) is 5.62. The number of ether oxygens (including phenoxy) is 1. The van der Waals surface area contributed by atoms with Gasteiger partial charge in [0.2, 0.25) is 5.56 Å². The zero-order valence-corrected chi connectivity index (χ0v) is 14.5. The van der Waals surface area contributed by atoms with Crippen LogP contribution in [0.2, 0.25) is 0 Å². The first kappa shape index (κ1) is 17.9. The summed E-state index contributed by atoms with van der Waals surface area (Å²) < 4.78 is 5.19. The lowest BCUT2D eigenvalue weighted by atomic mass is 10.2. The average Bonchev–Trinajstić information content (AvgIpc) is 2.68. The summed E-state index contributed by atoms with van der Waals surface area (Å²) in [5, 5.41) is 5.44. The van der Waals surface area contributed by atoms with Gasteiger partial charge in [-0.05, 0) is 36.4 Å². The van der Waals surface area contributed by atoms with Gasteiger partial charge in [-0.3, -0.25) is 14.4 Å². The van der Waals surface area contributed by atoms with Crippen LogP contribution in [0.4, 0.5) is 11.4 Å². The lowest BCUT2D eigenvalue weighted by Gasteiger charge is -2.11. The van der Waals surface area contributed by atoms with Crippen LogP contribution >= 0.6 is 0 Å². The van der Waals surface area contributed by atoms with E-state index in [-0.39, 0.29) is 17.2 Å². The van der Waals surface area contributed by atoms with Gasteiger partial charge in [-0.2, -0.15) is 0 Å². The molecule has 0 unspecified atom stereocenters. The molecule has 0 aliphatic carbocycles. The lowest BCUT2D eigenvalue weighted by Crippen LogP contribution is -2.18. The smallest absolute Gasteiger partial charge is 0.272 e. The largest absolute Gasteiger partial charge is 0.496 e. The molecule has 3 rings (SSSR count). The standard InChI is InChI=1S/C20H17N3O4/c1-27-17-10-3-2-8-15(17)19(25)21-13-6-4-7-14(12-13)22-20(26)16-9-5-11-18(24)23-16/h2-12H,1H3,(H,21,25)(H,22,26)(H,23,24). The molecule has 0 radical (unpaired) electrons. The molecule has 0 saturated carbocycles. The zero-order valence-electron chi connectivity index (χ0n) is 14.5. The van der Waals surface area contributed by atoms with Crippen molar-refractivity contribution in [3.8, 4) is 5.75 Å². The molecule has 0 aliphatic heterocycles. The number of pyridine rings is 1. The predicted octanol–water partition coefficient (Wildman–Crippen LogP) is 2.89. The Bertz CT molecular complexity index is 1040. The van der Waals surface area contributed by atoms with Crippen molar-refractivity contribution in [1.82, 2.24) is 4.98 Å². The fourth-order valence-electron chi connectivity index (χ4n) is 2.48. The Balaban J connectivity index is 1.75. The molecule has 0 atom stereocenters. The highest BCUT2D eigenvalue weighted by Gasteiger charge is 2.12. The van der Waals surface area contributed by atoms with Gasteiger partial charge >= 0.3 is 0 Å². The first-order valence-electron chi connectivity index (χ1n) is 8.12. The third kappa shape index (κ3) is 4.40. The van der Waals surface area contributed by atoms with Crippen molar-refractivity contribution in [2.45, 2.75) is 0 Å². The Labute approximate surface area is 155 Å². The van der Waals surface area contributed by atoms with Crippen molar-refractivity contribution in [1.29, 1.82) is 0 Å². The van der Waals surface area contributed by atoms with Crippen LogP contribution in [0.1, 0.15) is 20.8 Å². The maximum absolute atomic E-state index is 12.5. The van der Waals surface area contributed by atoms with Gasteiger partial charge in [-0.15, -0.1) is 0 Å². The number of nitrogens with one attached hydrogen (secondary N) is 3. The van der Waals surface area contributed by atoms with Crippen LogP contribution in [0, 0.1) is 0 Å². The van der Waals surface area contributed by atoms with Gasteiger partial charge in [0.15, 0.2) is 0 Å². The molecular formula is C20H17N3O4. The van der Waals surface area contributed by atoms with E-state index >= 15 is 0 Å². The van der Waals surface area contributed by atoms with Gasteiger partial charge in [-0.25, -0.2) is 0 Å². The molecule has 0 saturated heterocycles. The number of amides is 2. The molecule has 2 aromatic carbocycles. The molecule has 0 fully saturated rings. The SMILES string of the molecule is COc1ccccc1C(=O)Nc1cccc(NC(=O)c2cccc(=O)[nH]2)c1. The van der Waals surface area contributed by atoms with Crippen LogP contribution in [0.15, 0.2) is 71.5 Å². The quantitative estimate of drug-likeness (QED) is 0.649. The highest BCUT2D eigenvalue weighted by atomic mass is 16.5. The minimum absolute atomic E-state index is 0.144. The summed E-state index contributed by atoms with van der Waals surface area (Å²) in [5.41, 5.74) is 1.16. The number of H-pyrrole nitrogens is 1. The number of carbonyl (C=O) groups is 2. The fraction of sp³-hybridized carbons (Fsp3) is 0.0500. The Morgan fingerprint density at radius 2 is 1.52 bits per heavy atom. The molecule has 1 aromatic heterocycles. The third-order valence-corrected chi connectivity index (χ3v) is 3.74. The third-order valence-electron chi connectivity index (χ3n) is 3.74. The summed E-state index contributed by atoms with van der Waals surface area (Å²) >= 11 is 0. The molecule has 3 aromatic rings. The maximum Gasteiger partial charge on any atom is 0.272 e. The fourth-order valence-corrected chi connectivity index (χ4v) is 2.48. The number of hydrogen-bond donors (Lipinski definition) is 3. The second kappa shape index (κ2) is 8.01. The topological polar surface area (TPSA) is 100 Å². The van der Waals surface area contributed by atoms with Gasteiger partial charge in [0, 0.05) is 17.4 Å². The van der Waals surface area contributed by atoms with E-state index in [9.17, 15) is 14.4 Å². The van der Waals surface area contributed by atoms with E-state index in [1.54, 1.807) is 48.5 Å². The summed E-state index contributed by atoms with van der Waals surface area (Å²) in [7, 11) is 1.50. The van der Waals surface area contributed by atoms with E-state index in [1.165, 1.54) is 25.3 Å². The molecular weight excluding hydrogens is 346 g/mol. The van der Waals surface area contributed by atoms with E-state index < -0.39 is 5.91 Å². The number of methoxy groups -OCH3 is 1. The van der Waals surface area contributed by atoms with Gasteiger partial charge < -0.3 is 20.4 Å². The van der Waals surface area contributed by atoms with E-state index in [2.05, 4.69) is 15.6 Å². The summed E-state index contributed by atoms with van der Waals surface area (Å²) in [4.78, 5) is 38.5. The summed E-state index contributed by atoms with van der Waals surface area (Å²) in [6.45, 7) is 0. The van der Waals surface area contributed by atoms with Gasteiger partial charge in [0.25, 0.3) is 11.8 Å². The van der Waals surface area contributed by atoms with Gasteiger partial charge in [0.05, 0.1) is 12.7 Å². The van der Waals surface area contributed by atoms with Crippen LogP contribution in [-0.2, 0) is 0 Å². The molecule has 136 valence electrons. The second-order valence-electron chi connectivity index (χ2n) is 5.62. The number of carbonyl (C=O) groups excluding carboxylic acids is 2. The van der Waals surface area contributed by atoms with Gasteiger partial charge in [0.1, 0.15) is 11.4 Å². The predicted molar refractivity (Wildman–Crippen MR) is 102 cm³/mol. The Hall–Kier alpha value is -3.87. The van der Waals surface area contributed by atoms with E-state index in [4.69, 9.17) is 4.74 Å². The van der Waals surface area contributed by atoms with Crippen LogP contribution in [-0.4, -0.2) is 23.9 Å². The first-order chi connectivity index (χ1) is 13.1. The van der Waals surface area contributed by atoms with E-state index in [0.29, 0.717) is 22.7 Å².